The Hall–Kier alpha value is -1.76. The Bertz CT molecular complexity index is 442. The highest BCUT2D eigenvalue weighted by Crippen LogP contribution is 2.20. The molecule has 2 heterocycles. The molecule has 1 unspecified atom stereocenters. The van der Waals surface area contributed by atoms with E-state index in [1.165, 1.54) is 4.90 Å². The predicted molar refractivity (Wildman–Crippen MR) is 55.8 cm³/mol. The number of carboxylic acids is 1. The van der Waals surface area contributed by atoms with Crippen molar-refractivity contribution in [3.05, 3.63) is 23.9 Å². The van der Waals surface area contributed by atoms with Gasteiger partial charge in [-0.1, -0.05) is 0 Å². The van der Waals surface area contributed by atoms with Crippen molar-refractivity contribution in [3.8, 4) is 0 Å². The zero-order valence-corrected chi connectivity index (χ0v) is 8.86. The highest BCUT2D eigenvalue weighted by Gasteiger charge is 2.30. The molecule has 7 heteroatoms. The monoisotopic (exact) mass is 243 g/mol. The van der Waals surface area contributed by atoms with E-state index in [1.54, 1.807) is 0 Å². The minimum absolute atomic E-state index is 0.125. The molecule has 1 aromatic rings. The number of pyridine rings is 1. The molecule has 0 amide bonds. The van der Waals surface area contributed by atoms with Gasteiger partial charge in [0.25, 0.3) is 0 Å². The fourth-order valence-corrected chi connectivity index (χ4v) is 1.80. The number of hydrogen-bond donors (Lipinski definition) is 2. The molecule has 1 aliphatic rings. The normalized spacial score (nSPS) is 20.4. The summed E-state index contributed by atoms with van der Waals surface area (Å²) in [6, 6.07) is -0.195. The predicted octanol–water partition coefficient (Wildman–Crippen LogP) is 0.223. The Labute approximate surface area is 96.1 Å². The van der Waals surface area contributed by atoms with E-state index >= 15 is 0 Å². The highest BCUT2D eigenvalue weighted by atomic mass is 19.1. The van der Waals surface area contributed by atoms with Gasteiger partial charge < -0.3 is 15.3 Å². The van der Waals surface area contributed by atoms with E-state index in [1.807, 2.05) is 0 Å². The first-order valence-electron chi connectivity index (χ1n) is 5.11. The summed E-state index contributed by atoms with van der Waals surface area (Å²) in [4.78, 5) is 16.0. The number of carboxylic acid groups (broad SMARTS) is 1. The van der Waals surface area contributed by atoms with E-state index in [-0.39, 0.29) is 12.4 Å². The molecule has 0 saturated carbocycles. The Morgan fingerprint density at radius 3 is 3.00 bits per heavy atom. The van der Waals surface area contributed by atoms with E-state index in [0.717, 1.165) is 6.20 Å². The van der Waals surface area contributed by atoms with Gasteiger partial charge in [0.2, 0.25) is 0 Å². The first kappa shape index (κ1) is 11.7. The van der Waals surface area contributed by atoms with Crippen molar-refractivity contribution in [2.75, 3.05) is 24.5 Å². The maximum atomic E-state index is 13.5. The molecule has 1 saturated heterocycles. The number of carbonyl (C=O) groups is 1. The third-order valence-corrected chi connectivity index (χ3v) is 2.59. The molecule has 0 aromatic carbocycles. The molecule has 92 valence electrons. The Kier molecular flexibility index (Phi) is 3.19. The molecular weight excluding hydrogens is 232 g/mol. The van der Waals surface area contributed by atoms with Crippen molar-refractivity contribution in [1.82, 2.24) is 10.3 Å². The largest absolute Gasteiger partial charge is 0.480 e. The number of anilines is 1. The average Bonchev–Trinajstić information content (AvgIpc) is 2.29. The zero-order valence-electron chi connectivity index (χ0n) is 8.86. The molecule has 5 nitrogen and oxygen atoms in total. The topological polar surface area (TPSA) is 65.5 Å². The van der Waals surface area contributed by atoms with Crippen LogP contribution in [0.1, 0.15) is 0 Å². The van der Waals surface area contributed by atoms with Gasteiger partial charge in [-0.05, 0) is 0 Å². The SMILES string of the molecule is O=C(O)C1CNCCN1c1ncc(F)cc1F. The lowest BCUT2D eigenvalue weighted by Crippen LogP contribution is -2.55. The van der Waals surface area contributed by atoms with Crippen LogP contribution in [-0.4, -0.2) is 41.7 Å². The zero-order chi connectivity index (χ0) is 12.4. The van der Waals surface area contributed by atoms with Crippen LogP contribution in [0.4, 0.5) is 14.6 Å². The lowest BCUT2D eigenvalue weighted by molar-refractivity contribution is -0.138. The molecule has 2 rings (SSSR count). The Balaban J connectivity index is 2.32. The molecule has 1 aromatic heterocycles. The van der Waals surface area contributed by atoms with Gasteiger partial charge in [0, 0.05) is 25.7 Å². The van der Waals surface area contributed by atoms with Crippen LogP contribution < -0.4 is 10.2 Å². The fourth-order valence-electron chi connectivity index (χ4n) is 1.80. The first-order valence-corrected chi connectivity index (χ1v) is 5.11. The second-order valence-corrected chi connectivity index (χ2v) is 3.71. The van der Waals surface area contributed by atoms with Crippen LogP contribution in [0.5, 0.6) is 0 Å². The molecule has 0 bridgehead atoms. The summed E-state index contributed by atoms with van der Waals surface area (Å²) in [5, 5.41) is 11.9. The van der Waals surface area contributed by atoms with Gasteiger partial charge in [-0.25, -0.2) is 18.6 Å². The number of hydrogen-bond acceptors (Lipinski definition) is 4. The summed E-state index contributed by atoms with van der Waals surface area (Å²) in [6.45, 7) is 1.04. The van der Waals surface area contributed by atoms with E-state index in [9.17, 15) is 13.6 Å². The van der Waals surface area contributed by atoms with Crippen molar-refractivity contribution in [2.24, 2.45) is 0 Å². The van der Waals surface area contributed by atoms with Crippen molar-refractivity contribution in [3.63, 3.8) is 0 Å². The second-order valence-electron chi connectivity index (χ2n) is 3.71. The van der Waals surface area contributed by atoms with Gasteiger partial charge in [-0.3, -0.25) is 0 Å². The van der Waals surface area contributed by atoms with Gasteiger partial charge in [0.15, 0.2) is 11.6 Å². The Morgan fingerprint density at radius 2 is 2.35 bits per heavy atom. The molecule has 17 heavy (non-hydrogen) atoms. The van der Waals surface area contributed by atoms with Crippen molar-refractivity contribution in [1.29, 1.82) is 0 Å². The van der Waals surface area contributed by atoms with Crippen LogP contribution in [0.15, 0.2) is 12.3 Å². The summed E-state index contributed by atoms with van der Waals surface area (Å²) in [5.41, 5.74) is 0. The summed E-state index contributed by atoms with van der Waals surface area (Å²) >= 11 is 0. The van der Waals surface area contributed by atoms with E-state index in [4.69, 9.17) is 5.11 Å². The van der Waals surface area contributed by atoms with Gasteiger partial charge in [-0.15, -0.1) is 0 Å². The maximum absolute atomic E-state index is 13.5. The minimum atomic E-state index is -1.07. The minimum Gasteiger partial charge on any atom is -0.480 e. The van der Waals surface area contributed by atoms with Crippen molar-refractivity contribution >= 4 is 11.8 Å². The third-order valence-electron chi connectivity index (χ3n) is 2.59. The number of rotatable bonds is 2. The van der Waals surface area contributed by atoms with Gasteiger partial charge in [-0.2, -0.15) is 0 Å². The van der Waals surface area contributed by atoms with Crippen LogP contribution in [0.3, 0.4) is 0 Å². The molecule has 1 aliphatic heterocycles. The second kappa shape index (κ2) is 4.62. The number of piperazine rings is 1. The van der Waals surface area contributed by atoms with Gasteiger partial charge in [0.1, 0.15) is 11.9 Å². The third kappa shape index (κ3) is 2.33. The van der Waals surface area contributed by atoms with E-state index < -0.39 is 23.6 Å². The highest BCUT2D eigenvalue weighted by molar-refractivity contribution is 5.78. The molecule has 2 N–H and O–H groups in total. The number of aliphatic carboxylic acids is 1. The lowest BCUT2D eigenvalue weighted by Gasteiger charge is -2.34. The summed E-state index contributed by atoms with van der Waals surface area (Å²) < 4.78 is 26.2. The summed E-state index contributed by atoms with van der Waals surface area (Å²) in [6.07, 6.45) is 0.874. The molecule has 1 atom stereocenters. The number of aromatic nitrogens is 1. The average molecular weight is 243 g/mol. The summed E-state index contributed by atoms with van der Waals surface area (Å²) in [5.74, 6) is -2.82. The standard InChI is InChI=1S/C10H11F2N3O2/c11-6-3-7(12)9(14-4-6)15-2-1-13-5-8(15)10(16)17/h3-4,8,13H,1-2,5H2,(H,16,17). The van der Waals surface area contributed by atoms with Crippen LogP contribution in [0.2, 0.25) is 0 Å². The summed E-state index contributed by atoms with van der Waals surface area (Å²) in [7, 11) is 0. The van der Waals surface area contributed by atoms with E-state index in [2.05, 4.69) is 10.3 Å². The molecular formula is C10H11F2N3O2. The van der Waals surface area contributed by atoms with Gasteiger partial charge in [0.05, 0.1) is 6.20 Å². The van der Waals surface area contributed by atoms with Gasteiger partial charge >= 0.3 is 5.97 Å². The number of halogens is 2. The molecule has 1 fully saturated rings. The van der Waals surface area contributed by atoms with Crippen molar-refractivity contribution < 1.29 is 18.7 Å². The Morgan fingerprint density at radius 1 is 1.59 bits per heavy atom. The lowest BCUT2D eigenvalue weighted by atomic mass is 10.2. The first-order chi connectivity index (χ1) is 8.09. The number of nitrogens with zero attached hydrogens (tertiary/aromatic N) is 2. The molecule has 0 aliphatic carbocycles. The maximum Gasteiger partial charge on any atom is 0.327 e. The van der Waals surface area contributed by atoms with Crippen LogP contribution in [0.25, 0.3) is 0 Å². The van der Waals surface area contributed by atoms with E-state index in [0.29, 0.717) is 19.2 Å². The quantitative estimate of drug-likeness (QED) is 0.778. The van der Waals surface area contributed by atoms with Crippen LogP contribution >= 0.6 is 0 Å². The smallest absolute Gasteiger partial charge is 0.327 e. The number of nitrogens with one attached hydrogen (secondary N) is 1. The fraction of sp³-hybridized carbons (Fsp3) is 0.400. The van der Waals surface area contributed by atoms with Crippen LogP contribution in [-0.2, 0) is 4.79 Å². The molecule has 0 spiro atoms. The van der Waals surface area contributed by atoms with Crippen molar-refractivity contribution in [2.45, 2.75) is 6.04 Å². The molecule has 0 radical (unpaired) electrons. The van der Waals surface area contributed by atoms with Crippen LogP contribution in [0, 0.1) is 11.6 Å².